The standard InChI is InChI=1S/C27H32FN5O2S/c1-19-7-12-26(20-5-3-2-4-6-20)36(34,35)33(19)16-21-10-11-24(13-25(21)28)31-14-22-8-9-23(15-31)27(22)32-17-29-30-18-32/h2-6,10-11,13,17-19,22-23,26-27H,7-9,12,14-16H2,1H3/t19-,22-,23+,26-,27+/m0/s1. The number of aromatic nitrogens is 3. The molecule has 0 unspecified atom stereocenters. The third-order valence-corrected chi connectivity index (χ3v) is 10.9. The second-order valence-corrected chi connectivity index (χ2v) is 12.7. The van der Waals surface area contributed by atoms with Gasteiger partial charge in [0.05, 0.1) is 0 Å². The fourth-order valence-corrected chi connectivity index (χ4v) is 8.82. The number of nitrogens with zero attached hydrogens (tertiary/aromatic N) is 5. The van der Waals surface area contributed by atoms with Gasteiger partial charge in [-0.1, -0.05) is 36.4 Å². The Kier molecular flexibility index (Phi) is 6.08. The Morgan fingerprint density at radius 3 is 2.31 bits per heavy atom. The summed E-state index contributed by atoms with van der Waals surface area (Å²) < 4.78 is 46.1. The molecule has 1 aromatic heterocycles. The van der Waals surface area contributed by atoms with Crippen molar-refractivity contribution in [2.45, 2.75) is 56.5 Å². The highest BCUT2D eigenvalue weighted by molar-refractivity contribution is 7.89. The Morgan fingerprint density at radius 2 is 1.64 bits per heavy atom. The number of hydrogen-bond acceptors (Lipinski definition) is 5. The molecule has 36 heavy (non-hydrogen) atoms. The van der Waals surface area contributed by atoms with Crippen molar-refractivity contribution in [1.82, 2.24) is 19.1 Å². The van der Waals surface area contributed by atoms with Crippen LogP contribution < -0.4 is 4.90 Å². The molecule has 5 atom stereocenters. The van der Waals surface area contributed by atoms with E-state index in [1.54, 1.807) is 24.8 Å². The molecular formula is C27H32FN5O2S. The zero-order valence-corrected chi connectivity index (χ0v) is 21.3. The molecule has 2 aliphatic heterocycles. The van der Waals surface area contributed by atoms with Crippen LogP contribution in [0, 0.1) is 17.7 Å². The van der Waals surface area contributed by atoms with Gasteiger partial charge < -0.3 is 9.47 Å². The number of benzene rings is 2. The molecule has 190 valence electrons. The van der Waals surface area contributed by atoms with Crippen LogP contribution in [0.2, 0.25) is 0 Å². The molecule has 0 amide bonds. The highest BCUT2D eigenvalue weighted by Gasteiger charge is 2.43. The lowest BCUT2D eigenvalue weighted by Gasteiger charge is -2.40. The van der Waals surface area contributed by atoms with E-state index in [0.717, 1.165) is 43.6 Å². The van der Waals surface area contributed by atoms with Crippen molar-refractivity contribution in [3.05, 3.63) is 78.1 Å². The number of fused-ring (bicyclic) bond motifs is 2. The number of piperidine rings is 1. The summed E-state index contributed by atoms with van der Waals surface area (Å²) in [5.74, 6) is 0.624. The summed E-state index contributed by atoms with van der Waals surface area (Å²) in [5, 5.41) is 7.38. The van der Waals surface area contributed by atoms with Crippen molar-refractivity contribution in [3.63, 3.8) is 0 Å². The maximum absolute atomic E-state index is 15.4. The average molecular weight is 510 g/mol. The smallest absolute Gasteiger partial charge is 0.221 e. The number of sulfonamides is 1. The number of rotatable bonds is 5. The van der Waals surface area contributed by atoms with Crippen LogP contribution in [-0.4, -0.2) is 46.6 Å². The Balaban J connectivity index is 1.20. The average Bonchev–Trinajstić information content (AvgIpc) is 3.48. The van der Waals surface area contributed by atoms with Crippen molar-refractivity contribution in [2.24, 2.45) is 11.8 Å². The van der Waals surface area contributed by atoms with Crippen molar-refractivity contribution in [1.29, 1.82) is 0 Å². The van der Waals surface area contributed by atoms with Crippen LogP contribution in [0.5, 0.6) is 0 Å². The van der Waals surface area contributed by atoms with E-state index in [2.05, 4.69) is 19.7 Å². The summed E-state index contributed by atoms with van der Waals surface area (Å²) in [5.41, 5.74) is 2.09. The van der Waals surface area contributed by atoms with Gasteiger partial charge in [-0.3, -0.25) is 0 Å². The first-order valence-corrected chi connectivity index (χ1v) is 14.3. The molecule has 1 saturated carbocycles. The first kappa shape index (κ1) is 23.6. The minimum absolute atomic E-state index is 0.0555. The molecule has 2 bridgehead atoms. The largest absolute Gasteiger partial charge is 0.371 e. The van der Waals surface area contributed by atoms with Gasteiger partial charge >= 0.3 is 0 Å². The van der Waals surface area contributed by atoms with Gasteiger partial charge in [-0.05, 0) is 62.1 Å². The highest BCUT2D eigenvalue weighted by Crippen LogP contribution is 2.46. The maximum Gasteiger partial charge on any atom is 0.221 e. The van der Waals surface area contributed by atoms with Gasteiger partial charge in [0, 0.05) is 43.0 Å². The van der Waals surface area contributed by atoms with E-state index in [9.17, 15) is 8.42 Å². The minimum Gasteiger partial charge on any atom is -0.371 e. The predicted molar refractivity (Wildman–Crippen MR) is 136 cm³/mol. The summed E-state index contributed by atoms with van der Waals surface area (Å²) in [6.45, 7) is 3.71. The second-order valence-electron chi connectivity index (χ2n) is 10.6. The SMILES string of the molecule is C[C@H]1CC[C@@H](c2ccccc2)S(=O)(=O)N1Cc1ccc(N2C[C@H]3CC[C@@H](C2)[C@H]3n2cnnc2)cc1F. The van der Waals surface area contributed by atoms with E-state index in [4.69, 9.17) is 0 Å². The van der Waals surface area contributed by atoms with Crippen LogP contribution in [0.4, 0.5) is 10.1 Å². The van der Waals surface area contributed by atoms with Crippen molar-refractivity contribution >= 4 is 15.7 Å². The van der Waals surface area contributed by atoms with Crippen molar-refractivity contribution < 1.29 is 12.8 Å². The van der Waals surface area contributed by atoms with E-state index in [1.165, 1.54) is 4.31 Å². The van der Waals surface area contributed by atoms with Gasteiger partial charge in [-0.25, -0.2) is 12.8 Å². The summed E-state index contributed by atoms with van der Waals surface area (Å²) in [6, 6.07) is 14.9. The van der Waals surface area contributed by atoms with Crippen LogP contribution >= 0.6 is 0 Å². The van der Waals surface area contributed by atoms with Gasteiger partial charge in [0.15, 0.2) is 0 Å². The molecule has 0 spiro atoms. The molecule has 0 N–H and O–H groups in total. The first-order valence-electron chi connectivity index (χ1n) is 12.8. The highest BCUT2D eigenvalue weighted by atomic mass is 32.2. The lowest BCUT2D eigenvalue weighted by molar-refractivity contribution is 0.270. The molecule has 3 fully saturated rings. The molecular weight excluding hydrogens is 477 g/mol. The monoisotopic (exact) mass is 509 g/mol. The molecule has 2 saturated heterocycles. The zero-order valence-electron chi connectivity index (χ0n) is 20.4. The first-order chi connectivity index (χ1) is 17.4. The Labute approximate surface area is 212 Å². The molecule has 1 aliphatic carbocycles. The van der Waals surface area contributed by atoms with Crippen LogP contribution in [0.3, 0.4) is 0 Å². The summed E-state index contributed by atoms with van der Waals surface area (Å²) in [7, 11) is -3.60. The lowest BCUT2D eigenvalue weighted by atomic mass is 9.91. The summed E-state index contributed by atoms with van der Waals surface area (Å²) in [6.07, 6.45) is 7.24. The number of anilines is 1. The van der Waals surface area contributed by atoms with Crippen LogP contribution in [0.25, 0.3) is 0 Å². The quantitative estimate of drug-likeness (QED) is 0.504. The molecule has 7 nitrogen and oxygen atoms in total. The number of hydrogen-bond donors (Lipinski definition) is 0. The molecule has 3 heterocycles. The minimum atomic E-state index is -3.60. The topological polar surface area (TPSA) is 71.3 Å². The van der Waals surface area contributed by atoms with Crippen LogP contribution in [0.1, 0.15) is 55.0 Å². The fraction of sp³-hybridized carbons (Fsp3) is 0.481. The normalized spacial score (nSPS) is 29.9. The second kappa shape index (κ2) is 9.27. The third kappa shape index (κ3) is 4.12. The van der Waals surface area contributed by atoms with Crippen LogP contribution in [0.15, 0.2) is 61.2 Å². The van der Waals surface area contributed by atoms with E-state index in [0.29, 0.717) is 29.9 Å². The summed E-state index contributed by atoms with van der Waals surface area (Å²) in [4.78, 5) is 2.28. The van der Waals surface area contributed by atoms with E-state index in [1.807, 2.05) is 43.3 Å². The van der Waals surface area contributed by atoms with Gasteiger partial charge in [-0.15, -0.1) is 10.2 Å². The van der Waals surface area contributed by atoms with Crippen molar-refractivity contribution in [2.75, 3.05) is 18.0 Å². The molecule has 2 aromatic carbocycles. The Morgan fingerprint density at radius 1 is 0.944 bits per heavy atom. The van der Waals surface area contributed by atoms with E-state index < -0.39 is 15.3 Å². The van der Waals surface area contributed by atoms with Crippen molar-refractivity contribution in [3.8, 4) is 0 Å². The Bertz CT molecular complexity index is 1300. The Hall–Kier alpha value is -2.78. The zero-order chi connectivity index (χ0) is 24.9. The maximum atomic E-state index is 15.4. The third-order valence-electron chi connectivity index (χ3n) is 8.49. The predicted octanol–water partition coefficient (Wildman–Crippen LogP) is 4.56. The van der Waals surface area contributed by atoms with E-state index in [-0.39, 0.29) is 18.4 Å². The molecule has 0 radical (unpaired) electrons. The summed E-state index contributed by atoms with van der Waals surface area (Å²) >= 11 is 0. The van der Waals surface area contributed by atoms with Gasteiger partial charge in [-0.2, -0.15) is 4.31 Å². The van der Waals surface area contributed by atoms with Gasteiger partial charge in [0.1, 0.15) is 23.7 Å². The molecule has 9 heteroatoms. The fourth-order valence-electron chi connectivity index (χ4n) is 6.64. The molecule has 6 rings (SSSR count). The molecule has 3 aliphatic rings. The molecule has 3 aromatic rings. The van der Waals surface area contributed by atoms with E-state index >= 15 is 4.39 Å². The lowest BCUT2D eigenvalue weighted by Crippen LogP contribution is -2.45. The van der Waals surface area contributed by atoms with Gasteiger partial charge in [0.2, 0.25) is 10.0 Å². The van der Waals surface area contributed by atoms with Gasteiger partial charge in [0.25, 0.3) is 0 Å². The number of halogens is 1. The van der Waals surface area contributed by atoms with Crippen LogP contribution in [-0.2, 0) is 16.6 Å².